The van der Waals surface area contributed by atoms with Gasteiger partial charge in [0.1, 0.15) is 0 Å². The summed E-state index contributed by atoms with van der Waals surface area (Å²) in [5.74, 6) is 0. The van der Waals surface area contributed by atoms with Gasteiger partial charge < -0.3 is 14.7 Å². The van der Waals surface area contributed by atoms with Crippen molar-refractivity contribution in [2.45, 2.75) is 34.6 Å². The van der Waals surface area contributed by atoms with Crippen LogP contribution in [0.5, 0.6) is 0 Å². The minimum absolute atomic E-state index is 0.0368. The minimum atomic E-state index is -0.388. The minimum Gasteiger partial charge on any atom is -0.453 e. The van der Waals surface area contributed by atoms with Crippen molar-refractivity contribution in [3.63, 3.8) is 0 Å². The number of rotatable bonds is 4. The number of thioether (sulfide) groups is 1. The van der Waals surface area contributed by atoms with Gasteiger partial charge in [-0.2, -0.15) is 0 Å². The number of carbonyl (C=O) groups excluding carboxylic acids is 2. The maximum atomic E-state index is 13.2. The first-order valence-electron chi connectivity index (χ1n) is 10.1. The number of ether oxygens (including phenoxy) is 1. The first-order chi connectivity index (χ1) is 15.2. The predicted octanol–water partition coefficient (Wildman–Crippen LogP) is 4.42. The average molecular weight is 497 g/mol. The van der Waals surface area contributed by atoms with E-state index in [0.717, 1.165) is 15.5 Å². The van der Waals surface area contributed by atoms with E-state index in [9.17, 15) is 14.7 Å². The third-order valence-corrected chi connectivity index (χ3v) is 8.20. The first-order valence-corrected chi connectivity index (χ1v) is 12.1. The monoisotopic (exact) mass is 496 g/mol. The fourth-order valence-electron chi connectivity index (χ4n) is 4.16. The van der Waals surface area contributed by atoms with Gasteiger partial charge in [0.2, 0.25) is 0 Å². The van der Waals surface area contributed by atoms with E-state index in [-0.39, 0.29) is 28.9 Å². The van der Waals surface area contributed by atoms with Crippen molar-refractivity contribution in [2.75, 3.05) is 43.6 Å². The average Bonchev–Trinajstić information content (AvgIpc) is 3.46. The fraction of sp³-hybridized carbons (Fsp3) is 0.476. The molecule has 2 N–H and O–H groups in total. The number of anilines is 2. The highest BCUT2D eigenvalue weighted by molar-refractivity contribution is 8.02. The molecule has 3 heterocycles. The van der Waals surface area contributed by atoms with Crippen LogP contribution in [0.15, 0.2) is 28.6 Å². The maximum Gasteiger partial charge on any atom is 0.409 e. The molecule has 1 aromatic heterocycles. The molecule has 2 aliphatic rings. The van der Waals surface area contributed by atoms with E-state index in [4.69, 9.17) is 16.3 Å². The van der Waals surface area contributed by atoms with Crippen LogP contribution in [-0.2, 0) is 10.2 Å². The number of amides is 3. The number of carbonyl (C=O) groups is 2. The molecular weight excluding hydrogens is 472 g/mol. The summed E-state index contributed by atoms with van der Waals surface area (Å²) in [6, 6.07) is 5.22. The Morgan fingerprint density at radius 2 is 2.19 bits per heavy atom. The molecular formula is C21H25ClN4O4S2. The molecule has 0 bridgehead atoms. The Bertz CT molecular complexity index is 1050. The van der Waals surface area contributed by atoms with Crippen LogP contribution in [0.3, 0.4) is 0 Å². The van der Waals surface area contributed by atoms with Crippen molar-refractivity contribution in [1.82, 2.24) is 9.88 Å². The number of urea groups is 1. The lowest BCUT2D eigenvalue weighted by molar-refractivity contribution is 0.131. The summed E-state index contributed by atoms with van der Waals surface area (Å²) in [7, 11) is 1.37. The van der Waals surface area contributed by atoms with E-state index >= 15 is 0 Å². The van der Waals surface area contributed by atoms with Crippen molar-refractivity contribution >= 4 is 57.6 Å². The molecule has 1 unspecified atom stereocenters. The molecule has 3 amide bonds. The predicted molar refractivity (Wildman–Crippen MR) is 127 cm³/mol. The standard InChI is InChI=1S/C21H25ClN4O4S2/c1-20(2,12-27)32-16-9-23-17(31-16)24-18(28)26-11-21(6-7-25(10-21)19(29)30-3)14-8-13(22)4-5-15(14)26/h4-5,8-9,27H,6-7,10-12H2,1-3H3,(H,23,24,28). The van der Waals surface area contributed by atoms with Crippen molar-refractivity contribution in [1.29, 1.82) is 0 Å². The lowest BCUT2D eigenvalue weighted by atomic mass is 9.81. The Kier molecular flexibility index (Phi) is 6.32. The Labute approximate surface area is 199 Å². The molecule has 1 atom stereocenters. The lowest BCUT2D eigenvalue weighted by Gasteiger charge is -2.25. The number of halogens is 1. The Morgan fingerprint density at radius 1 is 1.41 bits per heavy atom. The highest BCUT2D eigenvalue weighted by Crippen LogP contribution is 2.47. The van der Waals surface area contributed by atoms with Crippen LogP contribution in [0.4, 0.5) is 20.4 Å². The van der Waals surface area contributed by atoms with Gasteiger partial charge in [-0.3, -0.25) is 10.2 Å². The first kappa shape index (κ1) is 23.2. The number of aliphatic hydroxyl groups excluding tert-OH is 1. The van der Waals surface area contributed by atoms with Crippen molar-refractivity contribution < 1.29 is 19.4 Å². The highest BCUT2D eigenvalue weighted by Gasteiger charge is 2.50. The van der Waals surface area contributed by atoms with Crippen LogP contribution >= 0.6 is 34.7 Å². The Morgan fingerprint density at radius 3 is 2.91 bits per heavy atom. The second-order valence-corrected chi connectivity index (χ2v) is 12.1. The zero-order chi connectivity index (χ0) is 23.1. The molecule has 0 saturated carbocycles. The zero-order valence-corrected chi connectivity index (χ0v) is 20.4. The second kappa shape index (κ2) is 8.74. The van der Waals surface area contributed by atoms with Crippen molar-refractivity contribution in [3.05, 3.63) is 35.0 Å². The van der Waals surface area contributed by atoms with Crippen LogP contribution < -0.4 is 10.2 Å². The maximum absolute atomic E-state index is 13.2. The van der Waals surface area contributed by atoms with E-state index in [1.165, 1.54) is 30.2 Å². The van der Waals surface area contributed by atoms with E-state index in [0.29, 0.717) is 36.2 Å². The van der Waals surface area contributed by atoms with Gasteiger partial charge in [-0.25, -0.2) is 14.6 Å². The van der Waals surface area contributed by atoms with E-state index in [2.05, 4.69) is 10.3 Å². The molecule has 1 spiro atoms. The summed E-state index contributed by atoms with van der Waals surface area (Å²) in [5.41, 5.74) is 1.36. The van der Waals surface area contributed by atoms with Gasteiger partial charge >= 0.3 is 12.1 Å². The van der Waals surface area contributed by atoms with Crippen LogP contribution in [0.1, 0.15) is 25.8 Å². The summed E-state index contributed by atoms with van der Waals surface area (Å²) in [5, 5.41) is 13.5. The Balaban J connectivity index is 1.54. The normalized spacial score (nSPS) is 20.0. The van der Waals surface area contributed by atoms with Crippen molar-refractivity contribution in [2.24, 2.45) is 0 Å². The molecule has 4 rings (SSSR count). The summed E-state index contributed by atoms with van der Waals surface area (Å²) in [6.45, 7) is 5.38. The molecule has 8 nitrogen and oxygen atoms in total. The third kappa shape index (κ3) is 4.41. The smallest absolute Gasteiger partial charge is 0.409 e. The number of fused-ring (bicyclic) bond motifs is 2. The number of thiazole rings is 1. The third-order valence-electron chi connectivity index (χ3n) is 5.77. The number of aromatic nitrogens is 1. The van der Waals surface area contributed by atoms with Crippen LogP contribution in [0.25, 0.3) is 0 Å². The number of benzene rings is 1. The molecule has 1 saturated heterocycles. The lowest BCUT2D eigenvalue weighted by Crippen LogP contribution is -2.41. The molecule has 32 heavy (non-hydrogen) atoms. The van der Waals surface area contributed by atoms with Crippen LogP contribution in [0.2, 0.25) is 5.02 Å². The molecule has 2 aliphatic heterocycles. The highest BCUT2D eigenvalue weighted by atomic mass is 35.5. The number of aliphatic hydroxyl groups is 1. The van der Waals surface area contributed by atoms with Gasteiger partial charge in [0.05, 0.1) is 24.1 Å². The fourth-order valence-corrected chi connectivity index (χ4v) is 6.66. The molecule has 2 aromatic rings. The van der Waals surface area contributed by atoms with Gasteiger partial charge in [0.15, 0.2) is 5.13 Å². The Hall–Kier alpha value is -2.01. The van der Waals surface area contributed by atoms with Crippen molar-refractivity contribution in [3.8, 4) is 0 Å². The largest absolute Gasteiger partial charge is 0.453 e. The van der Waals surface area contributed by atoms with E-state index in [1.807, 2.05) is 26.0 Å². The molecule has 1 aromatic carbocycles. The number of methoxy groups -OCH3 is 1. The van der Waals surface area contributed by atoms with Crippen LogP contribution in [0, 0.1) is 0 Å². The van der Waals surface area contributed by atoms with Crippen LogP contribution in [-0.4, -0.2) is 65.2 Å². The summed E-state index contributed by atoms with van der Waals surface area (Å²) in [4.78, 5) is 33.0. The SMILES string of the molecule is COC(=O)N1CCC2(C1)CN(C(=O)Nc1ncc(SC(C)(C)CO)s1)c1ccc(Cl)cc12. The summed E-state index contributed by atoms with van der Waals surface area (Å²) < 4.78 is 5.47. The molecule has 1 fully saturated rings. The van der Waals surface area contributed by atoms with E-state index in [1.54, 1.807) is 22.1 Å². The summed E-state index contributed by atoms with van der Waals surface area (Å²) in [6.07, 6.45) is 2.05. The quantitative estimate of drug-likeness (QED) is 0.608. The zero-order valence-electron chi connectivity index (χ0n) is 18.1. The van der Waals surface area contributed by atoms with Gasteiger partial charge in [0.25, 0.3) is 0 Å². The number of likely N-dealkylation sites (tertiary alicyclic amines) is 1. The number of hydrogen-bond donors (Lipinski definition) is 2. The molecule has 172 valence electrons. The van der Waals surface area contributed by atoms with Gasteiger partial charge in [-0.15, -0.1) is 11.8 Å². The number of nitrogens with zero attached hydrogens (tertiary/aromatic N) is 3. The van der Waals surface area contributed by atoms with Gasteiger partial charge in [-0.1, -0.05) is 22.9 Å². The molecule has 11 heteroatoms. The van der Waals surface area contributed by atoms with Gasteiger partial charge in [-0.05, 0) is 44.0 Å². The molecule has 0 aliphatic carbocycles. The van der Waals surface area contributed by atoms with Gasteiger partial charge in [0, 0.05) is 40.5 Å². The number of hydrogen-bond acceptors (Lipinski definition) is 7. The van der Waals surface area contributed by atoms with E-state index < -0.39 is 0 Å². The molecule has 0 radical (unpaired) electrons. The number of nitrogens with one attached hydrogen (secondary N) is 1. The topological polar surface area (TPSA) is 95.0 Å². The second-order valence-electron chi connectivity index (χ2n) is 8.60. The summed E-state index contributed by atoms with van der Waals surface area (Å²) >= 11 is 9.17.